The van der Waals surface area contributed by atoms with E-state index in [9.17, 15) is 0 Å². The van der Waals surface area contributed by atoms with Gasteiger partial charge in [0, 0.05) is 21.7 Å². The molecule has 0 aromatic carbocycles. The summed E-state index contributed by atoms with van der Waals surface area (Å²) in [4.78, 5) is 0. The second kappa shape index (κ2) is 9.90. The maximum Gasteiger partial charge on any atom is 0 e. The fourth-order valence-electron chi connectivity index (χ4n) is 0. The van der Waals surface area contributed by atoms with Crippen LogP contribution in [0.25, 0.3) is 0 Å². The van der Waals surface area contributed by atoms with Crippen LogP contribution in [0, 0.1) is 0 Å². The normalized spacial score (nSPS) is 8.57. The molecule has 0 amide bonds. The predicted octanol–water partition coefficient (Wildman–Crippen LogP) is 2.24. The van der Waals surface area contributed by atoms with Gasteiger partial charge in [0.05, 0.1) is 0 Å². The van der Waals surface area contributed by atoms with Crippen LogP contribution in [0.2, 0.25) is 0 Å². The topological polar surface area (TPSA) is 0 Å². The Morgan fingerprint density at radius 1 is 0.857 bits per heavy atom. The van der Waals surface area contributed by atoms with Crippen molar-refractivity contribution >= 4 is 113 Å². The van der Waals surface area contributed by atoms with Gasteiger partial charge in [-0.1, -0.05) is 0 Å². The van der Waals surface area contributed by atoms with Crippen molar-refractivity contribution in [3.05, 3.63) is 0 Å². The molecule has 0 N–H and O–H groups in total. The molecule has 0 spiro atoms. The molecule has 0 saturated heterocycles. The first-order valence-corrected chi connectivity index (χ1v) is 44.5. The third-order valence-electron chi connectivity index (χ3n) is 0. The van der Waals surface area contributed by atoms with E-state index in [0.29, 0.717) is 0 Å². The molecule has 40 valence electrons. The molecule has 0 aliphatic carbocycles. The average Bonchev–Trinajstić information content (AvgIpc) is 0.722. The summed E-state index contributed by atoms with van der Waals surface area (Å²) in [5, 5.41) is 0. The second-order valence-electron chi connectivity index (χ2n) is 0.429. The standard InChI is InChI=1S/Ca.4HI.Pb.Ti.2H/h;4*1H;;;;/q;;;;;+4;;;/p-4. The van der Waals surface area contributed by atoms with Crippen LogP contribution in [0.1, 0.15) is 0 Å². The maximum absolute atomic E-state index is 2.56. The molecule has 0 aromatic heterocycles. The van der Waals surface area contributed by atoms with Crippen LogP contribution in [0.3, 0.4) is 0 Å². The van der Waals surface area contributed by atoms with E-state index >= 15 is 0 Å². The molecular formula is H2CaI4PbTi. The van der Waals surface area contributed by atoms with Crippen molar-refractivity contribution < 1.29 is 21.7 Å². The molecule has 0 aliphatic heterocycles. The van der Waals surface area contributed by atoms with Gasteiger partial charge in [-0.25, -0.2) is 0 Å². The zero-order chi connectivity index (χ0) is 4.50. The summed E-state index contributed by atoms with van der Waals surface area (Å²) in [6.07, 6.45) is 0. The van der Waals surface area contributed by atoms with Gasteiger partial charge in [-0.2, -0.15) is 0 Å². The van der Waals surface area contributed by atoms with Crippen molar-refractivity contribution in [1.82, 2.24) is 0 Å². The van der Waals surface area contributed by atoms with Crippen LogP contribution < -0.4 is 0 Å². The summed E-state index contributed by atoms with van der Waals surface area (Å²) in [5.41, 5.74) is 0. The molecule has 0 aromatic rings. The Kier molecular flexibility index (Phi) is 26.3. The fraction of sp³-hybridized carbons (Fsp3) is 0. The second-order valence-corrected chi connectivity index (χ2v) is 169. The Labute approximate surface area is 129 Å². The summed E-state index contributed by atoms with van der Waals surface area (Å²) in [6.45, 7) is 0. The quantitative estimate of drug-likeness (QED) is 0.261. The zero-order valence-electron chi connectivity index (χ0n) is 2.51. The van der Waals surface area contributed by atoms with Gasteiger partial charge in [0.1, 0.15) is 0 Å². The Morgan fingerprint density at radius 2 is 0.857 bits per heavy atom. The number of hydrogen-bond donors (Lipinski definition) is 0. The van der Waals surface area contributed by atoms with E-state index < -0.39 is 4.00 Å². The van der Waals surface area contributed by atoms with E-state index in [2.05, 4.69) is 71.0 Å². The largest absolute Gasteiger partial charge is 0 e. The van der Waals surface area contributed by atoms with Crippen molar-refractivity contribution in [2.24, 2.45) is 0 Å². The van der Waals surface area contributed by atoms with E-state index in [1.807, 2.05) is 0 Å². The number of halogens is 4. The van der Waals surface area contributed by atoms with Crippen LogP contribution in [-0.4, -0.2) is 41.7 Å². The van der Waals surface area contributed by atoms with E-state index in [0.717, 1.165) is 0 Å². The molecule has 0 unspecified atom stereocenters. The monoisotopic (exact) mass is 806 g/mol. The van der Waals surface area contributed by atoms with Gasteiger partial charge >= 0.3 is 113 Å². The third-order valence-corrected chi connectivity index (χ3v) is 0. The molecule has 0 heterocycles. The zero-order valence-corrected chi connectivity index (χ0v) is 16.6. The van der Waals surface area contributed by atoms with E-state index in [1.165, 1.54) is 0 Å². The van der Waals surface area contributed by atoms with Gasteiger partial charge in [0.15, 0.2) is 0 Å². The van der Waals surface area contributed by atoms with Gasteiger partial charge in [-0.15, -0.1) is 0 Å². The summed E-state index contributed by atoms with van der Waals surface area (Å²) < 4.78 is -1.40. The Bertz CT molecular complexity index is 27.2. The van der Waals surface area contributed by atoms with Crippen LogP contribution in [0.15, 0.2) is 0 Å². The Morgan fingerprint density at radius 3 is 0.857 bits per heavy atom. The first kappa shape index (κ1) is 18.6. The minimum absolute atomic E-state index is 0. The fourth-order valence-corrected chi connectivity index (χ4v) is 0. The molecule has 0 rings (SSSR count). The van der Waals surface area contributed by atoms with Crippen LogP contribution in [-0.2, 0) is 21.7 Å². The molecule has 0 fully saturated rings. The molecule has 0 bridgehead atoms. The molecule has 0 atom stereocenters. The van der Waals surface area contributed by atoms with Crippen molar-refractivity contribution in [2.45, 2.75) is 0 Å². The maximum atomic E-state index is 2.56. The molecule has 0 nitrogen and oxygen atoms in total. The van der Waals surface area contributed by atoms with Crippen molar-refractivity contribution in [3.63, 3.8) is 0 Å². The third kappa shape index (κ3) is 33.7. The van der Waals surface area contributed by atoms with Crippen molar-refractivity contribution in [3.8, 4) is 0 Å². The van der Waals surface area contributed by atoms with Gasteiger partial charge < -0.3 is 0 Å². The smallest absolute Gasteiger partial charge is 0 e. The Hall–Kier alpha value is 5.82. The van der Waals surface area contributed by atoms with Crippen LogP contribution in [0.5, 0.6) is 0 Å². The molecule has 7 heteroatoms. The van der Waals surface area contributed by atoms with Crippen molar-refractivity contribution in [2.75, 3.05) is 0 Å². The Balaban J connectivity index is -0.0000000800. The summed E-state index contributed by atoms with van der Waals surface area (Å²) in [7, 11) is 0. The van der Waals surface area contributed by atoms with E-state index in [4.69, 9.17) is 0 Å². The number of rotatable bonds is 0. The van der Waals surface area contributed by atoms with Gasteiger partial charge in [0.25, 0.3) is 0 Å². The van der Waals surface area contributed by atoms with E-state index in [1.54, 1.807) is 0 Å². The minimum atomic E-state index is -1.40. The van der Waals surface area contributed by atoms with Gasteiger partial charge in [-0.3, -0.25) is 0 Å². The SMILES string of the molecule is [CaH2].[I][Pb]([I])([I])[I].[Ti]. The summed E-state index contributed by atoms with van der Waals surface area (Å²) >= 11 is 10.2. The van der Waals surface area contributed by atoms with Crippen LogP contribution >= 0.6 is 71.0 Å². The first-order chi connectivity index (χ1) is 2.00. The molecule has 0 radical (unpaired) electrons. The van der Waals surface area contributed by atoms with Crippen LogP contribution in [0.4, 0.5) is 0 Å². The molecule has 7 heavy (non-hydrogen) atoms. The number of hydrogen-bond acceptors (Lipinski definition) is 0. The van der Waals surface area contributed by atoms with Gasteiger partial charge in [-0.05, 0) is 0 Å². The molecular weight excluding hydrogens is 803 g/mol. The average molecular weight is 805 g/mol. The predicted molar refractivity (Wildman–Crippen MR) is 70.4 cm³/mol. The first-order valence-electron chi connectivity index (χ1n) is 0.756. The van der Waals surface area contributed by atoms with Crippen molar-refractivity contribution in [1.29, 1.82) is 0 Å². The molecule has 0 aliphatic rings. The molecule has 0 saturated carbocycles. The minimum Gasteiger partial charge on any atom is 0 e. The summed E-state index contributed by atoms with van der Waals surface area (Å²) in [6, 6.07) is 0. The van der Waals surface area contributed by atoms with Gasteiger partial charge in [0.2, 0.25) is 0 Å². The van der Waals surface area contributed by atoms with E-state index in [-0.39, 0.29) is 59.5 Å². The summed E-state index contributed by atoms with van der Waals surface area (Å²) in [5.74, 6) is 0.